The average Bonchev–Trinajstić information content (AvgIpc) is 2.47. The fourth-order valence-electron chi connectivity index (χ4n) is 1.96. The SMILES string of the molecule is COc1cc(OC)nc(OC2C=CCCC2C(=O)O)n1. The number of hydrogen-bond donors (Lipinski definition) is 1. The summed E-state index contributed by atoms with van der Waals surface area (Å²) in [7, 11) is 2.93. The van der Waals surface area contributed by atoms with Crippen LogP contribution in [-0.4, -0.2) is 41.4 Å². The molecule has 2 unspecified atom stereocenters. The molecular weight excluding hydrogens is 264 g/mol. The van der Waals surface area contributed by atoms with Crippen molar-refractivity contribution in [1.82, 2.24) is 9.97 Å². The van der Waals surface area contributed by atoms with Crippen molar-refractivity contribution in [2.24, 2.45) is 5.92 Å². The molecule has 7 nitrogen and oxygen atoms in total. The first-order valence-corrected chi connectivity index (χ1v) is 6.17. The molecular formula is C13H16N2O5. The maximum absolute atomic E-state index is 11.2. The number of carboxylic acid groups (broad SMARTS) is 1. The molecule has 1 aromatic heterocycles. The zero-order chi connectivity index (χ0) is 14.5. The smallest absolute Gasteiger partial charge is 0.323 e. The molecule has 1 N–H and O–H groups in total. The molecule has 1 heterocycles. The van der Waals surface area contributed by atoms with Gasteiger partial charge in [0.05, 0.1) is 26.2 Å². The number of rotatable bonds is 5. The van der Waals surface area contributed by atoms with Gasteiger partial charge in [-0.1, -0.05) is 6.08 Å². The van der Waals surface area contributed by atoms with Gasteiger partial charge < -0.3 is 19.3 Å². The molecule has 1 aliphatic carbocycles. The van der Waals surface area contributed by atoms with E-state index in [-0.39, 0.29) is 6.01 Å². The van der Waals surface area contributed by atoms with E-state index >= 15 is 0 Å². The molecule has 1 aliphatic rings. The Hall–Kier alpha value is -2.31. The number of carboxylic acids is 1. The van der Waals surface area contributed by atoms with Crippen molar-refractivity contribution in [1.29, 1.82) is 0 Å². The molecule has 0 saturated carbocycles. The Morgan fingerprint density at radius 2 is 1.95 bits per heavy atom. The first-order chi connectivity index (χ1) is 9.63. The van der Waals surface area contributed by atoms with Crippen LogP contribution in [-0.2, 0) is 4.79 Å². The Morgan fingerprint density at radius 1 is 1.30 bits per heavy atom. The maximum atomic E-state index is 11.2. The lowest BCUT2D eigenvalue weighted by atomic mass is 9.92. The summed E-state index contributed by atoms with van der Waals surface area (Å²) in [6.45, 7) is 0. The van der Waals surface area contributed by atoms with Crippen LogP contribution in [0.4, 0.5) is 0 Å². The maximum Gasteiger partial charge on any atom is 0.323 e. The van der Waals surface area contributed by atoms with Crippen molar-refractivity contribution in [2.45, 2.75) is 18.9 Å². The second-order valence-corrected chi connectivity index (χ2v) is 4.27. The van der Waals surface area contributed by atoms with Gasteiger partial charge in [-0.25, -0.2) is 0 Å². The van der Waals surface area contributed by atoms with Crippen LogP contribution in [0, 0.1) is 5.92 Å². The van der Waals surface area contributed by atoms with Gasteiger partial charge in [0.2, 0.25) is 11.8 Å². The molecule has 0 bridgehead atoms. The van der Waals surface area contributed by atoms with Gasteiger partial charge in [0.15, 0.2) is 0 Å². The molecule has 20 heavy (non-hydrogen) atoms. The van der Waals surface area contributed by atoms with E-state index in [2.05, 4.69) is 9.97 Å². The lowest BCUT2D eigenvalue weighted by Crippen LogP contribution is -2.33. The molecule has 0 aliphatic heterocycles. The zero-order valence-electron chi connectivity index (χ0n) is 11.3. The summed E-state index contributed by atoms with van der Waals surface area (Å²) in [5, 5.41) is 9.18. The van der Waals surface area contributed by atoms with E-state index in [1.165, 1.54) is 20.3 Å². The van der Waals surface area contributed by atoms with Crippen molar-refractivity contribution in [2.75, 3.05) is 14.2 Å². The Kier molecular flexibility index (Phi) is 4.39. The predicted molar refractivity (Wildman–Crippen MR) is 69.1 cm³/mol. The largest absolute Gasteiger partial charge is 0.481 e. The highest BCUT2D eigenvalue weighted by atomic mass is 16.5. The molecule has 0 radical (unpaired) electrons. The van der Waals surface area contributed by atoms with E-state index in [4.69, 9.17) is 14.2 Å². The topological polar surface area (TPSA) is 90.8 Å². The van der Waals surface area contributed by atoms with E-state index in [0.717, 1.165) is 6.42 Å². The minimum Gasteiger partial charge on any atom is -0.481 e. The van der Waals surface area contributed by atoms with Crippen LogP contribution < -0.4 is 14.2 Å². The number of allylic oxidation sites excluding steroid dienone is 1. The number of hydrogen-bond acceptors (Lipinski definition) is 6. The summed E-state index contributed by atoms with van der Waals surface area (Å²) in [5.74, 6) is -0.924. The monoisotopic (exact) mass is 280 g/mol. The van der Waals surface area contributed by atoms with E-state index in [1.807, 2.05) is 6.08 Å². The highest BCUT2D eigenvalue weighted by Gasteiger charge is 2.30. The number of aromatic nitrogens is 2. The van der Waals surface area contributed by atoms with E-state index in [1.54, 1.807) is 6.08 Å². The summed E-state index contributed by atoms with van der Waals surface area (Å²) < 4.78 is 15.6. The van der Waals surface area contributed by atoms with Gasteiger partial charge >= 0.3 is 12.0 Å². The molecule has 0 aromatic carbocycles. The van der Waals surface area contributed by atoms with E-state index in [0.29, 0.717) is 18.2 Å². The molecule has 0 saturated heterocycles. The van der Waals surface area contributed by atoms with Crippen LogP contribution in [0.15, 0.2) is 18.2 Å². The van der Waals surface area contributed by atoms with Gasteiger partial charge in [0.25, 0.3) is 0 Å². The lowest BCUT2D eigenvalue weighted by Gasteiger charge is -2.24. The van der Waals surface area contributed by atoms with Crippen LogP contribution in [0.3, 0.4) is 0 Å². The lowest BCUT2D eigenvalue weighted by molar-refractivity contribution is -0.144. The zero-order valence-corrected chi connectivity index (χ0v) is 11.3. The van der Waals surface area contributed by atoms with Crippen LogP contribution in [0.1, 0.15) is 12.8 Å². The third-order valence-corrected chi connectivity index (χ3v) is 3.00. The first kappa shape index (κ1) is 14.1. The molecule has 0 amide bonds. The summed E-state index contributed by atoms with van der Waals surface area (Å²) in [6, 6.07) is 1.54. The van der Waals surface area contributed by atoms with E-state index in [9.17, 15) is 9.90 Å². The standard InChI is InChI=1S/C13H16N2O5/c1-18-10-7-11(19-2)15-13(14-10)20-9-6-4-3-5-8(9)12(16)17/h4,6-9H,3,5H2,1-2H3,(H,16,17). The van der Waals surface area contributed by atoms with Gasteiger partial charge in [0, 0.05) is 0 Å². The van der Waals surface area contributed by atoms with Gasteiger partial charge in [-0.15, -0.1) is 0 Å². The molecule has 2 atom stereocenters. The van der Waals surface area contributed by atoms with Gasteiger partial charge in [-0.2, -0.15) is 9.97 Å². The summed E-state index contributed by atoms with van der Waals surface area (Å²) in [5.41, 5.74) is 0. The molecule has 0 spiro atoms. The van der Waals surface area contributed by atoms with Gasteiger partial charge in [0.1, 0.15) is 6.10 Å². The number of carbonyl (C=O) groups is 1. The molecule has 1 aromatic rings. The quantitative estimate of drug-likeness (QED) is 0.812. The fraction of sp³-hybridized carbons (Fsp3) is 0.462. The Bertz CT molecular complexity index is 495. The van der Waals surface area contributed by atoms with Crippen LogP contribution >= 0.6 is 0 Å². The van der Waals surface area contributed by atoms with Crippen LogP contribution in [0.25, 0.3) is 0 Å². The number of ether oxygens (including phenoxy) is 3. The summed E-state index contributed by atoms with van der Waals surface area (Å²) in [4.78, 5) is 19.2. The second-order valence-electron chi connectivity index (χ2n) is 4.27. The third kappa shape index (κ3) is 3.17. The summed E-state index contributed by atoms with van der Waals surface area (Å²) >= 11 is 0. The van der Waals surface area contributed by atoms with E-state index < -0.39 is 18.0 Å². The van der Waals surface area contributed by atoms with Crippen molar-refractivity contribution < 1.29 is 24.1 Å². The Balaban J connectivity index is 2.21. The molecule has 2 rings (SSSR count). The van der Waals surface area contributed by atoms with Crippen LogP contribution in [0.5, 0.6) is 17.8 Å². The normalized spacial score (nSPS) is 21.3. The third-order valence-electron chi connectivity index (χ3n) is 3.00. The van der Waals surface area contributed by atoms with Crippen molar-refractivity contribution in [3.8, 4) is 17.8 Å². The van der Waals surface area contributed by atoms with Crippen LogP contribution in [0.2, 0.25) is 0 Å². The second kappa shape index (κ2) is 6.23. The number of aliphatic carboxylic acids is 1. The Morgan fingerprint density at radius 3 is 2.50 bits per heavy atom. The Labute approximate surface area is 116 Å². The molecule has 7 heteroatoms. The highest BCUT2D eigenvalue weighted by Crippen LogP contribution is 2.25. The fourth-order valence-corrected chi connectivity index (χ4v) is 1.96. The van der Waals surface area contributed by atoms with Crippen molar-refractivity contribution in [3.05, 3.63) is 18.2 Å². The summed E-state index contributed by atoms with van der Waals surface area (Å²) in [6.07, 6.45) is 4.26. The minimum absolute atomic E-state index is 0.0315. The highest BCUT2D eigenvalue weighted by molar-refractivity contribution is 5.71. The average molecular weight is 280 g/mol. The predicted octanol–water partition coefficient (Wildman–Crippen LogP) is 1.29. The number of nitrogens with zero attached hydrogens (tertiary/aromatic N) is 2. The van der Waals surface area contributed by atoms with Gasteiger partial charge in [-0.05, 0) is 18.9 Å². The minimum atomic E-state index is -0.894. The van der Waals surface area contributed by atoms with Gasteiger partial charge in [-0.3, -0.25) is 4.79 Å². The number of methoxy groups -OCH3 is 2. The first-order valence-electron chi connectivity index (χ1n) is 6.17. The van der Waals surface area contributed by atoms with Crippen molar-refractivity contribution >= 4 is 5.97 Å². The van der Waals surface area contributed by atoms with Crippen molar-refractivity contribution in [3.63, 3.8) is 0 Å². The molecule has 108 valence electrons. The molecule has 0 fully saturated rings.